The quantitative estimate of drug-likeness (QED) is 0.869. The van der Waals surface area contributed by atoms with Crippen molar-refractivity contribution in [2.75, 3.05) is 13.1 Å². The van der Waals surface area contributed by atoms with Gasteiger partial charge < -0.3 is 10.0 Å². The highest BCUT2D eigenvalue weighted by Crippen LogP contribution is 2.14. The Morgan fingerprint density at radius 2 is 2.00 bits per heavy atom. The molecule has 1 aliphatic heterocycles. The lowest BCUT2D eigenvalue weighted by Crippen LogP contribution is -2.40. The molecule has 0 spiro atoms. The summed E-state index contributed by atoms with van der Waals surface area (Å²) in [6, 6.07) is 3.22. The third-order valence-electron chi connectivity index (χ3n) is 3.17. The van der Waals surface area contributed by atoms with Gasteiger partial charge in [-0.3, -0.25) is 4.79 Å². The van der Waals surface area contributed by atoms with Gasteiger partial charge in [0.2, 0.25) is 5.91 Å². The normalized spacial score (nSPS) is 16.9. The molecule has 0 unspecified atom stereocenters. The molecule has 0 aliphatic carbocycles. The van der Waals surface area contributed by atoms with E-state index in [4.69, 9.17) is 0 Å². The number of hydrogen-bond acceptors (Lipinski definition) is 2. The van der Waals surface area contributed by atoms with Gasteiger partial charge >= 0.3 is 0 Å². The molecule has 18 heavy (non-hydrogen) atoms. The van der Waals surface area contributed by atoms with Crippen molar-refractivity contribution < 1.29 is 18.7 Å². The summed E-state index contributed by atoms with van der Waals surface area (Å²) in [5, 5.41) is 9.33. The lowest BCUT2D eigenvalue weighted by Gasteiger charge is -2.29. The number of amides is 1. The number of likely N-dealkylation sites (tertiary alicyclic amines) is 1. The van der Waals surface area contributed by atoms with E-state index < -0.39 is 11.6 Å². The monoisotopic (exact) mass is 255 g/mol. The zero-order valence-corrected chi connectivity index (χ0v) is 9.90. The first-order chi connectivity index (χ1) is 8.56. The van der Waals surface area contributed by atoms with E-state index in [2.05, 4.69) is 0 Å². The van der Waals surface area contributed by atoms with E-state index in [9.17, 15) is 18.7 Å². The zero-order valence-electron chi connectivity index (χ0n) is 9.90. The molecule has 5 heteroatoms. The molecule has 1 N–H and O–H groups in total. The van der Waals surface area contributed by atoms with Crippen LogP contribution in [0.25, 0.3) is 0 Å². The topological polar surface area (TPSA) is 40.5 Å². The number of piperidine rings is 1. The van der Waals surface area contributed by atoms with Gasteiger partial charge in [-0.25, -0.2) is 8.78 Å². The Morgan fingerprint density at radius 1 is 1.33 bits per heavy atom. The van der Waals surface area contributed by atoms with Gasteiger partial charge in [0.1, 0.15) is 11.6 Å². The minimum Gasteiger partial charge on any atom is -0.393 e. The minimum absolute atomic E-state index is 0.0673. The Balaban J connectivity index is 1.98. The van der Waals surface area contributed by atoms with Crippen LogP contribution in [0.2, 0.25) is 0 Å². The summed E-state index contributed by atoms with van der Waals surface area (Å²) >= 11 is 0. The second-order valence-corrected chi connectivity index (χ2v) is 4.52. The fourth-order valence-corrected chi connectivity index (χ4v) is 2.06. The molecular weight excluding hydrogens is 240 g/mol. The van der Waals surface area contributed by atoms with Crippen molar-refractivity contribution in [3.05, 3.63) is 35.4 Å². The third-order valence-corrected chi connectivity index (χ3v) is 3.17. The molecule has 1 aromatic carbocycles. The van der Waals surface area contributed by atoms with Crippen molar-refractivity contribution in [3.63, 3.8) is 0 Å². The first kappa shape index (κ1) is 13.0. The molecule has 0 aromatic heterocycles. The lowest BCUT2D eigenvalue weighted by atomic mass is 10.1. The highest BCUT2D eigenvalue weighted by molar-refractivity contribution is 5.78. The SMILES string of the molecule is O=C(Cc1ccc(F)cc1F)N1CCC(O)CC1. The van der Waals surface area contributed by atoms with Crippen LogP contribution in [0.1, 0.15) is 18.4 Å². The van der Waals surface area contributed by atoms with Crippen molar-refractivity contribution in [1.82, 2.24) is 4.90 Å². The van der Waals surface area contributed by atoms with Gasteiger partial charge in [0.15, 0.2) is 0 Å². The van der Waals surface area contributed by atoms with Crippen molar-refractivity contribution in [1.29, 1.82) is 0 Å². The number of aliphatic hydroxyl groups is 1. The van der Waals surface area contributed by atoms with Crippen LogP contribution in [-0.4, -0.2) is 35.1 Å². The van der Waals surface area contributed by atoms with Crippen LogP contribution in [-0.2, 0) is 11.2 Å². The van der Waals surface area contributed by atoms with Crippen molar-refractivity contribution in [2.24, 2.45) is 0 Å². The summed E-state index contributed by atoms with van der Waals surface area (Å²) in [6.07, 6.45) is 0.689. The van der Waals surface area contributed by atoms with Crippen molar-refractivity contribution in [2.45, 2.75) is 25.4 Å². The second-order valence-electron chi connectivity index (χ2n) is 4.52. The van der Waals surface area contributed by atoms with Gasteiger partial charge in [-0.1, -0.05) is 6.07 Å². The maximum absolute atomic E-state index is 13.4. The van der Waals surface area contributed by atoms with Gasteiger partial charge in [0, 0.05) is 19.2 Å². The Labute approximate surface area is 104 Å². The summed E-state index contributed by atoms with van der Waals surface area (Å²) in [4.78, 5) is 13.5. The molecule has 0 saturated carbocycles. The third kappa shape index (κ3) is 3.04. The van der Waals surface area contributed by atoms with Crippen molar-refractivity contribution in [3.8, 4) is 0 Å². The Morgan fingerprint density at radius 3 is 2.61 bits per heavy atom. The van der Waals surface area contributed by atoms with Crippen LogP contribution in [0.4, 0.5) is 8.78 Å². The molecular formula is C13H15F2NO2. The van der Waals surface area contributed by atoms with Gasteiger partial charge in [0.25, 0.3) is 0 Å². The first-order valence-corrected chi connectivity index (χ1v) is 5.96. The Bertz CT molecular complexity index is 443. The summed E-state index contributed by atoms with van der Waals surface area (Å²) in [5.74, 6) is -1.53. The van der Waals surface area contributed by atoms with Crippen LogP contribution in [0.5, 0.6) is 0 Å². The summed E-state index contributed by atoms with van der Waals surface area (Å²) < 4.78 is 26.1. The molecule has 1 aromatic rings. The molecule has 1 amide bonds. The van der Waals surface area contributed by atoms with E-state index in [1.807, 2.05) is 0 Å². The molecule has 0 bridgehead atoms. The van der Waals surface area contributed by atoms with Gasteiger partial charge in [-0.15, -0.1) is 0 Å². The number of hydrogen-bond donors (Lipinski definition) is 1. The number of rotatable bonds is 2. The number of benzene rings is 1. The van der Waals surface area contributed by atoms with Crippen LogP contribution < -0.4 is 0 Å². The van der Waals surface area contributed by atoms with E-state index in [1.165, 1.54) is 6.07 Å². The molecule has 2 rings (SSSR count). The maximum Gasteiger partial charge on any atom is 0.227 e. The molecule has 0 atom stereocenters. The summed E-state index contributed by atoms with van der Waals surface area (Å²) in [6.45, 7) is 0.978. The van der Waals surface area contributed by atoms with Crippen LogP contribution in [0.15, 0.2) is 18.2 Å². The maximum atomic E-state index is 13.4. The predicted octanol–water partition coefficient (Wildman–Crippen LogP) is 1.49. The van der Waals surface area contributed by atoms with E-state index in [0.717, 1.165) is 12.1 Å². The van der Waals surface area contributed by atoms with E-state index in [0.29, 0.717) is 25.9 Å². The lowest BCUT2D eigenvalue weighted by molar-refractivity contribution is -0.132. The highest BCUT2D eigenvalue weighted by Gasteiger charge is 2.22. The predicted molar refractivity (Wildman–Crippen MR) is 61.9 cm³/mol. The van der Waals surface area contributed by atoms with Gasteiger partial charge in [-0.2, -0.15) is 0 Å². The molecule has 1 fully saturated rings. The zero-order chi connectivity index (χ0) is 13.1. The smallest absolute Gasteiger partial charge is 0.227 e. The van der Waals surface area contributed by atoms with Gasteiger partial charge in [-0.05, 0) is 24.5 Å². The average Bonchev–Trinajstić information content (AvgIpc) is 2.33. The number of aliphatic hydroxyl groups excluding tert-OH is 1. The first-order valence-electron chi connectivity index (χ1n) is 5.96. The molecule has 1 heterocycles. The summed E-state index contributed by atoms with van der Waals surface area (Å²) in [7, 11) is 0. The average molecular weight is 255 g/mol. The minimum atomic E-state index is -0.694. The van der Waals surface area contributed by atoms with Crippen molar-refractivity contribution >= 4 is 5.91 Å². The molecule has 1 saturated heterocycles. The number of carbonyl (C=O) groups is 1. The van der Waals surface area contributed by atoms with Crippen LogP contribution in [0, 0.1) is 11.6 Å². The second kappa shape index (κ2) is 5.44. The fraction of sp³-hybridized carbons (Fsp3) is 0.462. The standard InChI is InChI=1S/C13H15F2NO2/c14-10-2-1-9(12(15)8-10)7-13(18)16-5-3-11(17)4-6-16/h1-2,8,11,17H,3-7H2. The number of carbonyl (C=O) groups excluding carboxylic acids is 1. The van der Waals surface area contributed by atoms with Crippen LogP contribution >= 0.6 is 0 Å². The van der Waals surface area contributed by atoms with Crippen LogP contribution in [0.3, 0.4) is 0 Å². The molecule has 3 nitrogen and oxygen atoms in total. The Hall–Kier alpha value is -1.49. The fourth-order valence-electron chi connectivity index (χ4n) is 2.06. The molecule has 98 valence electrons. The Kier molecular flexibility index (Phi) is 3.91. The van der Waals surface area contributed by atoms with E-state index >= 15 is 0 Å². The molecule has 1 aliphatic rings. The largest absolute Gasteiger partial charge is 0.393 e. The van der Waals surface area contributed by atoms with E-state index in [1.54, 1.807) is 4.90 Å². The highest BCUT2D eigenvalue weighted by atomic mass is 19.1. The molecule has 0 radical (unpaired) electrons. The number of halogens is 2. The summed E-state index contributed by atoms with van der Waals surface area (Å²) in [5.41, 5.74) is 0.201. The van der Waals surface area contributed by atoms with Gasteiger partial charge in [0.05, 0.1) is 12.5 Å². The van der Waals surface area contributed by atoms with E-state index in [-0.39, 0.29) is 24.0 Å². The number of nitrogens with zero attached hydrogens (tertiary/aromatic N) is 1.